The molecule has 9 nitrogen and oxygen atoms in total. The second kappa shape index (κ2) is 10.1. The van der Waals surface area contributed by atoms with Crippen molar-refractivity contribution in [3.63, 3.8) is 0 Å². The lowest BCUT2D eigenvalue weighted by Gasteiger charge is -2.30. The van der Waals surface area contributed by atoms with Crippen molar-refractivity contribution in [3.8, 4) is 5.75 Å². The largest absolute Gasteiger partial charge is 0.497 e. The fraction of sp³-hybridized carbons (Fsp3) is 0.350. The Balaban J connectivity index is 2.16. The molecule has 10 heteroatoms. The Morgan fingerprint density at radius 2 is 1.90 bits per heavy atom. The van der Waals surface area contributed by atoms with E-state index in [9.17, 15) is 23.3 Å². The van der Waals surface area contributed by atoms with Gasteiger partial charge in [0.1, 0.15) is 11.8 Å². The van der Waals surface area contributed by atoms with Crippen molar-refractivity contribution in [2.75, 3.05) is 24.2 Å². The molecular formula is C20H25N3O6S. The fourth-order valence-electron chi connectivity index (χ4n) is 3.04. The number of nitrogens with one attached hydrogen (secondary N) is 1. The van der Waals surface area contributed by atoms with Crippen LogP contribution in [0.2, 0.25) is 0 Å². The monoisotopic (exact) mass is 435 g/mol. The summed E-state index contributed by atoms with van der Waals surface area (Å²) < 4.78 is 30.9. The first-order chi connectivity index (χ1) is 14.2. The van der Waals surface area contributed by atoms with Crippen LogP contribution in [0.5, 0.6) is 5.75 Å². The van der Waals surface area contributed by atoms with Crippen LogP contribution in [0.25, 0.3) is 0 Å². The van der Waals surface area contributed by atoms with Gasteiger partial charge in [0.15, 0.2) is 0 Å². The zero-order chi connectivity index (χ0) is 22.3. The molecule has 162 valence electrons. The summed E-state index contributed by atoms with van der Waals surface area (Å²) in [6, 6.07) is 11.6. The van der Waals surface area contributed by atoms with Crippen LogP contribution >= 0.6 is 0 Å². The van der Waals surface area contributed by atoms with Crippen LogP contribution in [-0.4, -0.2) is 45.2 Å². The number of sulfonamides is 1. The van der Waals surface area contributed by atoms with E-state index in [-0.39, 0.29) is 17.8 Å². The van der Waals surface area contributed by atoms with E-state index in [4.69, 9.17) is 4.74 Å². The molecule has 0 unspecified atom stereocenters. The molecule has 0 heterocycles. The molecule has 0 aliphatic carbocycles. The molecule has 30 heavy (non-hydrogen) atoms. The molecule has 0 fully saturated rings. The highest BCUT2D eigenvalue weighted by atomic mass is 32.2. The zero-order valence-corrected chi connectivity index (χ0v) is 17.9. The van der Waals surface area contributed by atoms with Gasteiger partial charge in [-0.05, 0) is 36.6 Å². The third kappa shape index (κ3) is 5.93. The van der Waals surface area contributed by atoms with Crippen LogP contribution in [0.3, 0.4) is 0 Å². The maximum Gasteiger partial charge on any atom is 0.271 e. The number of rotatable bonds is 10. The molecule has 0 aromatic heterocycles. The summed E-state index contributed by atoms with van der Waals surface area (Å²) in [4.78, 5) is 23.2. The van der Waals surface area contributed by atoms with Gasteiger partial charge in [-0.25, -0.2) is 8.42 Å². The topological polar surface area (TPSA) is 119 Å². The summed E-state index contributed by atoms with van der Waals surface area (Å²) in [6.07, 6.45) is 1.73. The minimum absolute atomic E-state index is 0.0730. The number of ether oxygens (including phenoxy) is 1. The van der Waals surface area contributed by atoms with Crippen molar-refractivity contribution >= 4 is 27.3 Å². The number of benzene rings is 2. The quantitative estimate of drug-likeness (QED) is 0.452. The van der Waals surface area contributed by atoms with Crippen molar-refractivity contribution in [1.82, 2.24) is 5.32 Å². The first-order valence-corrected chi connectivity index (χ1v) is 11.2. The Morgan fingerprint density at radius 3 is 2.43 bits per heavy atom. The number of carbonyl (C=O) groups is 1. The predicted molar refractivity (Wildman–Crippen MR) is 114 cm³/mol. The molecule has 1 amide bonds. The number of non-ortho nitro benzene ring substituents is 1. The predicted octanol–water partition coefficient (Wildman–Crippen LogP) is 2.51. The Labute approximate surface area is 175 Å². The van der Waals surface area contributed by atoms with Crippen molar-refractivity contribution in [2.45, 2.75) is 25.8 Å². The van der Waals surface area contributed by atoms with E-state index in [1.165, 1.54) is 18.2 Å². The molecule has 0 radical (unpaired) electrons. The van der Waals surface area contributed by atoms with E-state index in [2.05, 4.69) is 5.32 Å². The summed E-state index contributed by atoms with van der Waals surface area (Å²) in [5.74, 6) is 0.262. The second-order valence-corrected chi connectivity index (χ2v) is 8.51. The van der Waals surface area contributed by atoms with Crippen molar-refractivity contribution < 1.29 is 22.9 Å². The number of hydrogen-bond acceptors (Lipinski definition) is 6. The van der Waals surface area contributed by atoms with Gasteiger partial charge >= 0.3 is 0 Å². The first-order valence-electron chi connectivity index (χ1n) is 9.32. The Kier molecular flexibility index (Phi) is 7.76. The van der Waals surface area contributed by atoms with Crippen LogP contribution in [0.15, 0.2) is 48.5 Å². The minimum atomic E-state index is -3.87. The number of methoxy groups -OCH3 is 1. The highest BCUT2D eigenvalue weighted by Crippen LogP contribution is 2.26. The van der Waals surface area contributed by atoms with Crippen LogP contribution in [-0.2, 0) is 21.2 Å². The molecule has 0 bridgehead atoms. The molecule has 1 atom stereocenters. The normalized spacial score (nSPS) is 12.1. The zero-order valence-electron chi connectivity index (χ0n) is 17.1. The summed E-state index contributed by atoms with van der Waals surface area (Å²) in [6.45, 7) is 2.00. The van der Waals surface area contributed by atoms with Gasteiger partial charge in [-0.2, -0.15) is 0 Å². The van der Waals surface area contributed by atoms with Gasteiger partial charge in [-0.15, -0.1) is 0 Å². The number of nitrogens with zero attached hydrogens (tertiary/aromatic N) is 2. The molecule has 0 saturated heterocycles. The molecule has 0 aliphatic heterocycles. The molecule has 0 spiro atoms. The van der Waals surface area contributed by atoms with Crippen LogP contribution in [0.4, 0.5) is 11.4 Å². The van der Waals surface area contributed by atoms with Gasteiger partial charge in [-0.3, -0.25) is 19.2 Å². The molecule has 2 aromatic carbocycles. The lowest BCUT2D eigenvalue weighted by atomic mass is 10.1. The number of hydrogen-bond donors (Lipinski definition) is 1. The summed E-state index contributed by atoms with van der Waals surface area (Å²) >= 11 is 0. The average molecular weight is 436 g/mol. The van der Waals surface area contributed by atoms with Crippen molar-refractivity contribution in [3.05, 3.63) is 64.2 Å². The number of nitro groups is 1. The average Bonchev–Trinajstić information content (AvgIpc) is 2.71. The Hall–Kier alpha value is -3.14. The van der Waals surface area contributed by atoms with E-state index in [1.54, 1.807) is 14.0 Å². The van der Waals surface area contributed by atoms with Crippen LogP contribution in [0.1, 0.15) is 18.9 Å². The first kappa shape index (κ1) is 23.1. The smallest absolute Gasteiger partial charge is 0.271 e. The van der Waals surface area contributed by atoms with Gasteiger partial charge in [0, 0.05) is 18.7 Å². The molecule has 1 N–H and O–H groups in total. The number of amides is 1. The van der Waals surface area contributed by atoms with Gasteiger partial charge in [0.05, 0.1) is 24.0 Å². The van der Waals surface area contributed by atoms with Gasteiger partial charge in [0.2, 0.25) is 15.9 Å². The maximum atomic E-state index is 12.8. The Bertz CT molecular complexity index is 992. The lowest BCUT2D eigenvalue weighted by Crippen LogP contribution is -2.49. The summed E-state index contributed by atoms with van der Waals surface area (Å²) in [5, 5.41) is 13.8. The number of carbonyl (C=O) groups excluding carboxylic acids is 1. The van der Waals surface area contributed by atoms with E-state index in [1.807, 2.05) is 24.3 Å². The van der Waals surface area contributed by atoms with E-state index < -0.39 is 26.9 Å². The molecule has 0 saturated carbocycles. The van der Waals surface area contributed by atoms with Crippen LogP contribution in [0, 0.1) is 10.1 Å². The standard InChI is InChI=1S/C20H25N3O6S/c1-4-19(20(24)21-13-12-15-8-10-18(29-2)11-9-15)22(30(3,27)28)16-6-5-7-17(14-16)23(25)26/h5-11,14,19H,4,12-13H2,1-3H3,(H,21,24)/t19-/m0/s1. The minimum Gasteiger partial charge on any atom is -0.497 e. The second-order valence-electron chi connectivity index (χ2n) is 6.65. The lowest BCUT2D eigenvalue weighted by molar-refractivity contribution is -0.384. The highest BCUT2D eigenvalue weighted by Gasteiger charge is 2.32. The Morgan fingerprint density at radius 1 is 1.23 bits per heavy atom. The third-order valence-electron chi connectivity index (χ3n) is 4.50. The molecule has 0 aliphatic rings. The van der Waals surface area contributed by atoms with E-state index in [0.29, 0.717) is 13.0 Å². The number of anilines is 1. The van der Waals surface area contributed by atoms with Gasteiger partial charge in [-0.1, -0.05) is 25.1 Å². The van der Waals surface area contributed by atoms with Gasteiger partial charge < -0.3 is 10.1 Å². The van der Waals surface area contributed by atoms with Gasteiger partial charge in [0.25, 0.3) is 5.69 Å². The molecular weight excluding hydrogens is 410 g/mol. The van der Waals surface area contributed by atoms with E-state index >= 15 is 0 Å². The molecule has 2 aromatic rings. The molecule has 2 rings (SSSR count). The SMILES string of the molecule is CC[C@@H](C(=O)NCCc1ccc(OC)cc1)N(c1cccc([N+](=O)[O-])c1)S(C)(=O)=O. The third-order valence-corrected chi connectivity index (χ3v) is 5.68. The summed E-state index contributed by atoms with van der Waals surface area (Å²) in [5.41, 5.74) is 0.808. The van der Waals surface area contributed by atoms with Crippen molar-refractivity contribution in [2.24, 2.45) is 0 Å². The van der Waals surface area contributed by atoms with Crippen LogP contribution < -0.4 is 14.4 Å². The highest BCUT2D eigenvalue weighted by molar-refractivity contribution is 7.92. The fourth-order valence-corrected chi connectivity index (χ4v) is 4.25. The maximum absolute atomic E-state index is 12.8. The number of nitro benzene ring substituents is 1. The van der Waals surface area contributed by atoms with Crippen molar-refractivity contribution in [1.29, 1.82) is 0 Å². The van der Waals surface area contributed by atoms with E-state index in [0.717, 1.165) is 27.9 Å². The summed E-state index contributed by atoms with van der Waals surface area (Å²) in [7, 11) is -2.29.